The minimum Gasteiger partial charge on any atom is -0.280 e. The van der Waals surface area contributed by atoms with Crippen LogP contribution < -0.4 is 0 Å². The van der Waals surface area contributed by atoms with E-state index in [-0.39, 0.29) is 5.91 Å². The van der Waals surface area contributed by atoms with E-state index < -0.39 is 0 Å². The molecule has 2 aromatic heterocycles. The van der Waals surface area contributed by atoms with Crippen molar-refractivity contribution in [2.45, 2.75) is 18.8 Å². The molecule has 2 heterocycles. The van der Waals surface area contributed by atoms with Crippen LogP contribution in [-0.2, 0) is 0 Å². The van der Waals surface area contributed by atoms with E-state index in [1.165, 1.54) is 0 Å². The minimum absolute atomic E-state index is 0.0755. The van der Waals surface area contributed by atoms with E-state index in [1.807, 2.05) is 30.5 Å². The number of pyridine rings is 1. The summed E-state index contributed by atoms with van der Waals surface area (Å²) in [6, 6.07) is 9.49. The molecule has 0 saturated heterocycles. The second kappa shape index (κ2) is 5.35. The van der Waals surface area contributed by atoms with Crippen molar-refractivity contribution in [2.75, 3.05) is 0 Å². The lowest BCUT2D eigenvalue weighted by Gasteiger charge is -2.11. The number of carbonyl (C=O) groups excluding carboxylic acids is 1. The molecule has 3 aromatic rings. The summed E-state index contributed by atoms with van der Waals surface area (Å²) in [5, 5.41) is 0.523. The van der Waals surface area contributed by atoms with Gasteiger partial charge in [0.05, 0.1) is 19.7 Å². The first kappa shape index (κ1) is 14.2. The molecule has 0 N–H and O–H groups in total. The number of aromatic nitrogens is 2. The van der Waals surface area contributed by atoms with Gasteiger partial charge in [0.15, 0.2) is 0 Å². The Bertz CT molecular complexity index is 899. The summed E-state index contributed by atoms with van der Waals surface area (Å²) in [5.41, 5.74) is 3.36. The van der Waals surface area contributed by atoms with Crippen LogP contribution in [0.4, 0.5) is 0 Å². The largest absolute Gasteiger partial charge is 0.280 e. The van der Waals surface area contributed by atoms with Crippen molar-refractivity contribution >= 4 is 51.1 Å². The van der Waals surface area contributed by atoms with Crippen molar-refractivity contribution in [2.24, 2.45) is 0 Å². The van der Waals surface area contributed by atoms with Crippen molar-refractivity contribution in [3.05, 3.63) is 62.4 Å². The van der Waals surface area contributed by atoms with Gasteiger partial charge in [0.25, 0.3) is 5.91 Å². The predicted molar refractivity (Wildman–Crippen MR) is 95.6 cm³/mol. The van der Waals surface area contributed by atoms with E-state index in [1.54, 1.807) is 16.8 Å². The summed E-state index contributed by atoms with van der Waals surface area (Å²) in [5.74, 6) is 0.394. The molecule has 0 atom stereocenters. The van der Waals surface area contributed by atoms with Gasteiger partial charge in [-0.2, -0.15) is 0 Å². The molecule has 0 bridgehead atoms. The van der Waals surface area contributed by atoms with Gasteiger partial charge in [-0.1, -0.05) is 23.7 Å². The Morgan fingerprint density at radius 2 is 2.09 bits per heavy atom. The van der Waals surface area contributed by atoms with Gasteiger partial charge >= 0.3 is 0 Å². The van der Waals surface area contributed by atoms with Crippen LogP contribution in [0, 0.1) is 3.57 Å². The Balaban J connectivity index is 1.91. The quantitative estimate of drug-likeness (QED) is 0.553. The van der Waals surface area contributed by atoms with Crippen LogP contribution in [0.2, 0.25) is 5.02 Å². The van der Waals surface area contributed by atoms with Gasteiger partial charge in [0.1, 0.15) is 5.52 Å². The monoisotopic (exact) mass is 422 g/mol. The molecule has 1 saturated carbocycles. The fraction of sp³-hybridized carbons (Fsp3) is 0.176. The van der Waals surface area contributed by atoms with Gasteiger partial charge in [0, 0.05) is 12.4 Å². The molecule has 1 aromatic carbocycles. The SMILES string of the molecule is O=C(c1c(Cl)cccc1C1CC1)n1cc(I)c2ncccc21. The first-order valence-electron chi connectivity index (χ1n) is 7.11. The first-order chi connectivity index (χ1) is 10.7. The Morgan fingerprint density at radius 3 is 2.86 bits per heavy atom. The second-order valence-corrected chi connectivity index (χ2v) is 7.07. The van der Waals surface area contributed by atoms with Crippen LogP contribution in [0.3, 0.4) is 0 Å². The lowest BCUT2D eigenvalue weighted by Crippen LogP contribution is -2.13. The highest BCUT2D eigenvalue weighted by Crippen LogP contribution is 2.43. The van der Waals surface area contributed by atoms with Crippen molar-refractivity contribution < 1.29 is 4.79 Å². The average molecular weight is 423 g/mol. The Morgan fingerprint density at radius 1 is 1.27 bits per heavy atom. The van der Waals surface area contributed by atoms with Crippen molar-refractivity contribution in [1.29, 1.82) is 0 Å². The third-order valence-electron chi connectivity index (χ3n) is 4.01. The van der Waals surface area contributed by atoms with Gasteiger partial charge in [-0.05, 0) is 65.1 Å². The molecule has 3 nitrogen and oxygen atoms in total. The molecule has 1 aliphatic carbocycles. The molecule has 1 aliphatic rings. The summed E-state index contributed by atoms with van der Waals surface area (Å²) < 4.78 is 2.62. The fourth-order valence-electron chi connectivity index (χ4n) is 2.81. The lowest BCUT2D eigenvalue weighted by atomic mass is 10.0. The zero-order chi connectivity index (χ0) is 15.3. The lowest BCUT2D eigenvalue weighted by molar-refractivity contribution is 0.0964. The third kappa shape index (κ3) is 2.25. The van der Waals surface area contributed by atoms with Gasteiger partial charge < -0.3 is 0 Å². The van der Waals surface area contributed by atoms with Gasteiger partial charge in [0.2, 0.25) is 0 Å². The smallest absolute Gasteiger partial charge is 0.264 e. The van der Waals surface area contributed by atoms with Crippen LogP contribution in [0.15, 0.2) is 42.7 Å². The van der Waals surface area contributed by atoms with Crippen LogP contribution in [0.1, 0.15) is 34.7 Å². The summed E-state index contributed by atoms with van der Waals surface area (Å²) in [4.78, 5) is 17.5. The highest BCUT2D eigenvalue weighted by molar-refractivity contribution is 14.1. The van der Waals surface area contributed by atoms with Crippen LogP contribution in [0.25, 0.3) is 11.0 Å². The number of rotatable bonds is 2. The molecule has 0 radical (unpaired) electrons. The average Bonchev–Trinajstić information content (AvgIpc) is 3.31. The summed E-state index contributed by atoms with van der Waals surface area (Å²) in [7, 11) is 0. The number of benzene rings is 1. The molecule has 0 amide bonds. The number of nitrogens with zero attached hydrogens (tertiary/aromatic N) is 2. The van der Waals surface area contributed by atoms with Crippen LogP contribution in [-0.4, -0.2) is 15.5 Å². The summed E-state index contributed by atoms with van der Waals surface area (Å²) in [6.45, 7) is 0. The third-order valence-corrected chi connectivity index (χ3v) is 5.11. The van der Waals surface area contributed by atoms with Gasteiger partial charge in [-0.3, -0.25) is 14.3 Å². The normalized spacial score (nSPS) is 14.5. The zero-order valence-corrected chi connectivity index (χ0v) is 14.5. The van der Waals surface area contributed by atoms with E-state index in [0.717, 1.165) is 33.0 Å². The van der Waals surface area contributed by atoms with E-state index in [0.29, 0.717) is 16.5 Å². The number of fused-ring (bicyclic) bond motifs is 1. The number of carbonyl (C=O) groups is 1. The number of hydrogen-bond donors (Lipinski definition) is 0. The zero-order valence-electron chi connectivity index (χ0n) is 11.6. The maximum absolute atomic E-state index is 13.1. The Labute approximate surface area is 146 Å². The molecule has 5 heteroatoms. The first-order valence-corrected chi connectivity index (χ1v) is 8.57. The highest BCUT2D eigenvalue weighted by Gasteiger charge is 2.30. The van der Waals surface area contributed by atoms with Crippen molar-refractivity contribution in [3.8, 4) is 0 Å². The topological polar surface area (TPSA) is 34.9 Å². The standard InChI is InChI=1S/C17H12ClIN2O/c18-12-4-1-3-11(10-6-7-10)15(12)17(22)21-9-13(19)16-14(21)5-2-8-20-16/h1-5,8-10H,6-7H2. The Kier molecular flexibility index (Phi) is 3.46. The Hall–Kier alpha value is -1.40. The van der Waals surface area contributed by atoms with E-state index >= 15 is 0 Å². The van der Waals surface area contributed by atoms with Gasteiger partial charge in [-0.25, -0.2) is 0 Å². The molecule has 0 aliphatic heterocycles. The second-order valence-electron chi connectivity index (χ2n) is 5.50. The van der Waals surface area contributed by atoms with Crippen LogP contribution in [0.5, 0.6) is 0 Å². The maximum Gasteiger partial charge on any atom is 0.264 e. The molecular formula is C17H12ClIN2O. The van der Waals surface area contributed by atoms with E-state index in [2.05, 4.69) is 27.6 Å². The van der Waals surface area contributed by atoms with Crippen molar-refractivity contribution in [1.82, 2.24) is 9.55 Å². The molecule has 0 spiro atoms. The molecule has 110 valence electrons. The van der Waals surface area contributed by atoms with Crippen molar-refractivity contribution in [3.63, 3.8) is 0 Å². The van der Waals surface area contributed by atoms with Gasteiger partial charge in [-0.15, -0.1) is 0 Å². The van der Waals surface area contributed by atoms with Crippen LogP contribution >= 0.6 is 34.2 Å². The summed E-state index contributed by atoms with van der Waals surface area (Å²) >= 11 is 8.56. The number of halogens is 2. The molecule has 1 fully saturated rings. The summed E-state index contributed by atoms with van der Waals surface area (Å²) in [6.07, 6.45) is 5.84. The molecular weight excluding hydrogens is 411 g/mol. The van der Waals surface area contributed by atoms with E-state index in [4.69, 9.17) is 11.6 Å². The predicted octanol–water partition coefficient (Wildman–Crippen LogP) is 4.86. The molecule has 4 rings (SSSR count). The maximum atomic E-state index is 13.1. The highest BCUT2D eigenvalue weighted by atomic mass is 127. The fourth-order valence-corrected chi connectivity index (χ4v) is 3.77. The van der Waals surface area contributed by atoms with E-state index in [9.17, 15) is 4.79 Å². The number of hydrogen-bond acceptors (Lipinski definition) is 2. The molecule has 0 unspecified atom stereocenters. The molecule has 22 heavy (non-hydrogen) atoms. The minimum atomic E-state index is -0.0755.